The average Bonchev–Trinajstić information content (AvgIpc) is 2.64. The molecule has 144 valence electrons. The number of piperidine rings is 1. The van der Waals surface area contributed by atoms with Crippen LogP contribution in [-0.4, -0.2) is 59.9 Å². The molecule has 2 aliphatic rings. The van der Waals surface area contributed by atoms with E-state index in [9.17, 15) is 14.0 Å². The second-order valence-electron chi connectivity index (χ2n) is 6.57. The zero-order valence-electron chi connectivity index (χ0n) is 14.7. The summed E-state index contributed by atoms with van der Waals surface area (Å²) in [6.07, 6.45) is 2.22. The molecular formula is C18H25ClFN3O2S. The molecule has 2 amide bonds. The molecule has 2 atom stereocenters. The third-order valence-electron chi connectivity index (χ3n) is 4.95. The Kier molecular flexibility index (Phi) is 7.73. The lowest BCUT2D eigenvalue weighted by molar-refractivity contribution is -0.137. The normalized spacial score (nSPS) is 23.9. The van der Waals surface area contributed by atoms with E-state index >= 15 is 0 Å². The monoisotopic (exact) mass is 401 g/mol. The lowest BCUT2D eigenvalue weighted by atomic mass is 10.0. The molecule has 2 unspecified atom stereocenters. The van der Waals surface area contributed by atoms with Gasteiger partial charge < -0.3 is 15.5 Å². The molecule has 0 bridgehead atoms. The molecule has 26 heavy (non-hydrogen) atoms. The van der Waals surface area contributed by atoms with E-state index in [0.717, 1.165) is 25.9 Å². The summed E-state index contributed by atoms with van der Waals surface area (Å²) in [7, 11) is 1.94. The number of thioether (sulfide) groups is 1. The molecule has 2 fully saturated rings. The summed E-state index contributed by atoms with van der Waals surface area (Å²) < 4.78 is 13.8. The van der Waals surface area contributed by atoms with Crippen LogP contribution in [0.25, 0.3) is 0 Å². The molecule has 0 radical (unpaired) electrons. The van der Waals surface area contributed by atoms with Gasteiger partial charge in [0.1, 0.15) is 11.9 Å². The van der Waals surface area contributed by atoms with Crippen LogP contribution in [0, 0.1) is 5.82 Å². The predicted octanol–water partition coefficient (Wildman–Crippen LogP) is 1.60. The smallest absolute Gasteiger partial charge is 0.246 e. The molecule has 1 aromatic carbocycles. The molecule has 0 aliphatic carbocycles. The summed E-state index contributed by atoms with van der Waals surface area (Å²) in [5.74, 6) is 0.0690. The van der Waals surface area contributed by atoms with Crippen molar-refractivity contribution in [1.82, 2.24) is 15.5 Å². The number of halogens is 2. The Bertz CT molecular complexity index is 641. The van der Waals surface area contributed by atoms with Gasteiger partial charge in [-0.3, -0.25) is 9.59 Å². The summed E-state index contributed by atoms with van der Waals surface area (Å²) >= 11 is 1.44. The highest BCUT2D eigenvalue weighted by molar-refractivity contribution is 8.00. The average molecular weight is 402 g/mol. The SMILES string of the molecule is CNC1CCN(C(=O)C2CSC(Cc3ccccc3F)C(=O)N2)CC1.Cl. The number of benzene rings is 1. The third-order valence-corrected chi connectivity index (χ3v) is 6.26. The van der Waals surface area contributed by atoms with Crippen molar-refractivity contribution in [2.45, 2.75) is 36.6 Å². The van der Waals surface area contributed by atoms with E-state index < -0.39 is 6.04 Å². The second-order valence-corrected chi connectivity index (χ2v) is 7.80. The minimum atomic E-state index is -0.472. The van der Waals surface area contributed by atoms with Gasteiger partial charge in [0.05, 0.1) is 5.25 Å². The minimum absolute atomic E-state index is 0. The Morgan fingerprint density at radius 2 is 2.04 bits per heavy atom. The van der Waals surface area contributed by atoms with Crippen molar-refractivity contribution in [3.8, 4) is 0 Å². The lowest BCUT2D eigenvalue weighted by Crippen LogP contribution is -2.57. The molecule has 0 saturated carbocycles. The fourth-order valence-corrected chi connectivity index (χ4v) is 4.52. The summed E-state index contributed by atoms with van der Waals surface area (Å²) in [5, 5.41) is 5.73. The maximum absolute atomic E-state index is 13.8. The maximum atomic E-state index is 13.8. The van der Waals surface area contributed by atoms with Crippen molar-refractivity contribution in [1.29, 1.82) is 0 Å². The molecular weight excluding hydrogens is 377 g/mol. The number of hydrogen-bond acceptors (Lipinski definition) is 4. The zero-order valence-corrected chi connectivity index (χ0v) is 16.4. The molecule has 1 aromatic rings. The van der Waals surface area contributed by atoms with Crippen LogP contribution in [0.1, 0.15) is 18.4 Å². The summed E-state index contributed by atoms with van der Waals surface area (Å²) in [6.45, 7) is 1.44. The molecule has 2 saturated heterocycles. The molecule has 0 aromatic heterocycles. The van der Waals surface area contributed by atoms with E-state index in [2.05, 4.69) is 10.6 Å². The first-order chi connectivity index (χ1) is 12.1. The van der Waals surface area contributed by atoms with Crippen molar-refractivity contribution in [3.63, 3.8) is 0 Å². The van der Waals surface area contributed by atoms with Crippen molar-refractivity contribution < 1.29 is 14.0 Å². The van der Waals surface area contributed by atoms with Gasteiger partial charge in [0, 0.05) is 24.9 Å². The topological polar surface area (TPSA) is 61.4 Å². The molecule has 2 N–H and O–H groups in total. The van der Waals surface area contributed by atoms with Crippen molar-refractivity contribution >= 4 is 36.0 Å². The van der Waals surface area contributed by atoms with Gasteiger partial charge in [-0.05, 0) is 37.9 Å². The van der Waals surface area contributed by atoms with Gasteiger partial charge in [-0.2, -0.15) is 0 Å². The van der Waals surface area contributed by atoms with Crippen LogP contribution in [0.3, 0.4) is 0 Å². The standard InChI is InChI=1S/C18H24FN3O2S.ClH/c1-20-13-6-8-22(9-7-13)18(24)15-11-25-16(17(23)21-15)10-12-4-2-3-5-14(12)19;/h2-5,13,15-16,20H,6-11H2,1H3,(H,21,23);1H. The number of rotatable bonds is 4. The zero-order chi connectivity index (χ0) is 17.8. The van der Waals surface area contributed by atoms with Crippen LogP contribution in [0.15, 0.2) is 24.3 Å². The molecule has 8 heteroatoms. The molecule has 0 spiro atoms. The second kappa shape index (κ2) is 9.58. The Hall–Kier alpha value is -1.31. The van der Waals surface area contributed by atoms with Crippen molar-refractivity contribution in [2.75, 3.05) is 25.9 Å². The Labute approximate surface area is 163 Å². The first-order valence-corrected chi connectivity index (χ1v) is 9.75. The number of amides is 2. The molecule has 5 nitrogen and oxygen atoms in total. The Balaban J connectivity index is 0.00000243. The minimum Gasteiger partial charge on any atom is -0.343 e. The number of nitrogens with one attached hydrogen (secondary N) is 2. The van der Waals surface area contributed by atoms with E-state index in [1.54, 1.807) is 18.2 Å². The highest BCUT2D eigenvalue weighted by atomic mass is 35.5. The largest absolute Gasteiger partial charge is 0.343 e. The van der Waals surface area contributed by atoms with Gasteiger partial charge >= 0.3 is 0 Å². The summed E-state index contributed by atoms with van der Waals surface area (Å²) in [5.41, 5.74) is 0.536. The van der Waals surface area contributed by atoms with Gasteiger partial charge in [0.15, 0.2) is 0 Å². The van der Waals surface area contributed by atoms with E-state index in [0.29, 0.717) is 23.8 Å². The van der Waals surface area contributed by atoms with E-state index in [1.807, 2.05) is 11.9 Å². The molecule has 2 aliphatic heterocycles. The van der Waals surface area contributed by atoms with Gasteiger partial charge in [-0.25, -0.2) is 4.39 Å². The van der Waals surface area contributed by atoms with E-state index in [4.69, 9.17) is 0 Å². The van der Waals surface area contributed by atoms with Crippen LogP contribution in [0.5, 0.6) is 0 Å². The highest BCUT2D eigenvalue weighted by Crippen LogP contribution is 2.24. The van der Waals surface area contributed by atoms with Gasteiger partial charge in [-0.15, -0.1) is 24.2 Å². The summed E-state index contributed by atoms with van der Waals surface area (Å²) in [4.78, 5) is 26.8. The summed E-state index contributed by atoms with van der Waals surface area (Å²) in [6, 6.07) is 6.50. The number of carbonyl (C=O) groups is 2. The predicted molar refractivity (Wildman–Crippen MR) is 104 cm³/mol. The van der Waals surface area contributed by atoms with Crippen molar-refractivity contribution in [2.24, 2.45) is 0 Å². The molecule has 2 heterocycles. The fourth-order valence-electron chi connectivity index (χ4n) is 3.35. The first-order valence-electron chi connectivity index (χ1n) is 8.70. The Morgan fingerprint density at radius 1 is 1.35 bits per heavy atom. The number of likely N-dealkylation sites (tertiary alicyclic amines) is 1. The van der Waals surface area contributed by atoms with Crippen molar-refractivity contribution in [3.05, 3.63) is 35.6 Å². The third kappa shape index (κ3) is 4.90. The van der Waals surface area contributed by atoms with E-state index in [1.165, 1.54) is 17.8 Å². The van der Waals surface area contributed by atoms with Crippen LogP contribution in [-0.2, 0) is 16.0 Å². The van der Waals surface area contributed by atoms with Gasteiger partial charge in [0.2, 0.25) is 11.8 Å². The van der Waals surface area contributed by atoms with Gasteiger partial charge in [0.25, 0.3) is 0 Å². The number of nitrogens with zero attached hydrogens (tertiary/aromatic N) is 1. The highest BCUT2D eigenvalue weighted by Gasteiger charge is 2.35. The van der Waals surface area contributed by atoms with Gasteiger partial charge in [-0.1, -0.05) is 18.2 Å². The fraction of sp³-hybridized carbons (Fsp3) is 0.556. The first kappa shape index (κ1) is 21.0. The lowest BCUT2D eigenvalue weighted by Gasteiger charge is -2.36. The van der Waals surface area contributed by atoms with Crippen LogP contribution < -0.4 is 10.6 Å². The van der Waals surface area contributed by atoms with E-state index in [-0.39, 0.29) is 35.3 Å². The van der Waals surface area contributed by atoms with Crippen LogP contribution in [0.2, 0.25) is 0 Å². The molecule has 3 rings (SSSR count). The maximum Gasteiger partial charge on any atom is 0.246 e. The number of carbonyl (C=O) groups excluding carboxylic acids is 2. The van der Waals surface area contributed by atoms with Crippen LogP contribution >= 0.6 is 24.2 Å². The van der Waals surface area contributed by atoms with Crippen LogP contribution in [0.4, 0.5) is 4.39 Å². The Morgan fingerprint density at radius 3 is 2.65 bits per heavy atom. The number of hydrogen-bond donors (Lipinski definition) is 2. The quantitative estimate of drug-likeness (QED) is 0.804.